The molecule has 2 aromatic rings. The summed E-state index contributed by atoms with van der Waals surface area (Å²) in [6.07, 6.45) is 2.56. The number of amides is 1. The Labute approximate surface area is 130 Å². The number of aryl methyl sites for hydroxylation is 1. The van der Waals surface area contributed by atoms with E-state index in [4.69, 9.17) is 5.73 Å². The summed E-state index contributed by atoms with van der Waals surface area (Å²) in [5, 5.41) is 10.9. The molecule has 2 rings (SSSR count). The second kappa shape index (κ2) is 7.17. The van der Waals surface area contributed by atoms with Crippen LogP contribution in [0.5, 0.6) is 0 Å². The van der Waals surface area contributed by atoms with Crippen LogP contribution in [0.1, 0.15) is 27.2 Å². The molecule has 0 bridgehead atoms. The number of nitrogens with one attached hydrogen (secondary N) is 1. The summed E-state index contributed by atoms with van der Waals surface area (Å²) in [5.74, 6) is 0.764. The molecule has 22 heavy (non-hydrogen) atoms. The van der Waals surface area contributed by atoms with Gasteiger partial charge in [-0.2, -0.15) is 0 Å². The fourth-order valence-corrected chi connectivity index (χ4v) is 2.18. The third kappa shape index (κ3) is 3.51. The van der Waals surface area contributed by atoms with Crippen LogP contribution >= 0.6 is 0 Å². The molecule has 3 N–H and O–H groups in total. The standard InChI is InChI=1S/C16H23N5O/c1-4-11(3)14(17)16(22)19-13-8-6-7-12(9-13)15-20-18-10-21(15)5-2/h6-11,14H,4-5,17H2,1-3H3,(H,19,22). The van der Waals surface area contributed by atoms with Gasteiger partial charge >= 0.3 is 0 Å². The van der Waals surface area contributed by atoms with Crippen LogP contribution in [0.4, 0.5) is 5.69 Å². The number of carbonyl (C=O) groups is 1. The number of anilines is 1. The first-order valence-electron chi connectivity index (χ1n) is 7.61. The van der Waals surface area contributed by atoms with Crippen LogP contribution in [0.15, 0.2) is 30.6 Å². The van der Waals surface area contributed by atoms with E-state index in [2.05, 4.69) is 15.5 Å². The number of rotatable bonds is 6. The topological polar surface area (TPSA) is 85.8 Å². The highest BCUT2D eigenvalue weighted by Gasteiger charge is 2.19. The SMILES string of the molecule is CCC(C)C(N)C(=O)Nc1cccc(-c2nncn2CC)c1. The van der Waals surface area contributed by atoms with E-state index >= 15 is 0 Å². The number of carbonyl (C=O) groups excluding carboxylic acids is 1. The van der Waals surface area contributed by atoms with Gasteiger partial charge in [0.15, 0.2) is 5.82 Å². The smallest absolute Gasteiger partial charge is 0.241 e. The minimum absolute atomic E-state index is 0.145. The van der Waals surface area contributed by atoms with Crippen molar-refractivity contribution in [3.8, 4) is 11.4 Å². The fourth-order valence-electron chi connectivity index (χ4n) is 2.18. The molecule has 118 valence electrons. The molecule has 0 aliphatic carbocycles. The predicted octanol–water partition coefficient (Wildman–Crippen LogP) is 2.28. The highest BCUT2D eigenvalue weighted by atomic mass is 16.2. The first-order chi connectivity index (χ1) is 10.6. The van der Waals surface area contributed by atoms with E-state index < -0.39 is 6.04 Å². The third-order valence-electron chi connectivity index (χ3n) is 3.90. The molecule has 2 atom stereocenters. The Balaban J connectivity index is 2.17. The van der Waals surface area contributed by atoms with Gasteiger partial charge in [0.05, 0.1) is 6.04 Å². The van der Waals surface area contributed by atoms with Gasteiger partial charge in [-0.1, -0.05) is 32.4 Å². The largest absolute Gasteiger partial charge is 0.325 e. The lowest BCUT2D eigenvalue weighted by atomic mass is 9.99. The summed E-state index contributed by atoms with van der Waals surface area (Å²) < 4.78 is 1.95. The number of nitrogens with two attached hydrogens (primary N) is 1. The van der Waals surface area contributed by atoms with E-state index in [9.17, 15) is 4.79 Å². The zero-order valence-corrected chi connectivity index (χ0v) is 13.3. The quantitative estimate of drug-likeness (QED) is 0.857. The normalized spacial score (nSPS) is 13.6. The van der Waals surface area contributed by atoms with Crippen molar-refractivity contribution in [3.63, 3.8) is 0 Å². The van der Waals surface area contributed by atoms with Gasteiger partial charge in [-0.05, 0) is 25.0 Å². The summed E-state index contributed by atoms with van der Waals surface area (Å²) in [7, 11) is 0. The van der Waals surface area contributed by atoms with E-state index in [-0.39, 0.29) is 11.8 Å². The highest BCUT2D eigenvalue weighted by molar-refractivity contribution is 5.95. The summed E-state index contributed by atoms with van der Waals surface area (Å²) in [5.41, 5.74) is 7.58. The molecule has 0 aliphatic rings. The van der Waals surface area contributed by atoms with Crippen molar-refractivity contribution in [1.29, 1.82) is 0 Å². The van der Waals surface area contributed by atoms with Crippen LogP contribution in [0.25, 0.3) is 11.4 Å². The van der Waals surface area contributed by atoms with Crippen LogP contribution in [0, 0.1) is 5.92 Å². The molecule has 0 fully saturated rings. The molecule has 1 heterocycles. The molecule has 1 aromatic heterocycles. The minimum Gasteiger partial charge on any atom is -0.325 e. The molecule has 1 amide bonds. The van der Waals surface area contributed by atoms with Crippen molar-refractivity contribution in [2.45, 2.75) is 39.8 Å². The molecule has 6 nitrogen and oxygen atoms in total. The number of nitrogens with zero attached hydrogens (tertiary/aromatic N) is 3. The maximum atomic E-state index is 12.2. The predicted molar refractivity (Wildman–Crippen MR) is 87.2 cm³/mol. The number of aromatic nitrogens is 3. The summed E-state index contributed by atoms with van der Waals surface area (Å²) in [6.45, 7) is 6.82. The van der Waals surface area contributed by atoms with Crippen molar-refractivity contribution in [3.05, 3.63) is 30.6 Å². The first kappa shape index (κ1) is 16.2. The van der Waals surface area contributed by atoms with Crippen LogP contribution in [-0.2, 0) is 11.3 Å². The number of benzene rings is 1. The van der Waals surface area contributed by atoms with Crippen molar-refractivity contribution in [2.75, 3.05) is 5.32 Å². The maximum absolute atomic E-state index is 12.2. The Bertz CT molecular complexity index is 637. The van der Waals surface area contributed by atoms with Gasteiger partial charge in [0.25, 0.3) is 0 Å². The zero-order chi connectivity index (χ0) is 16.1. The second-order valence-corrected chi connectivity index (χ2v) is 5.42. The number of hydrogen-bond donors (Lipinski definition) is 2. The van der Waals surface area contributed by atoms with Gasteiger partial charge in [-0.15, -0.1) is 10.2 Å². The van der Waals surface area contributed by atoms with Crippen molar-refractivity contribution in [1.82, 2.24) is 14.8 Å². The number of hydrogen-bond acceptors (Lipinski definition) is 4. The van der Waals surface area contributed by atoms with Gasteiger partial charge in [-0.3, -0.25) is 4.79 Å². The summed E-state index contributed by atoms with van der Waals surface area (Å²) in [4.78, 5) is 12.2. The molecule has 0 saturated heterocycles. The van der Waals surface area contributed by atoms with Gasteiger partial charge in [-0.25, -0.2) is 0 Å². The van der Waals surface area contributed by atoms with Crippen molar-refractivity contribution < 1.29 is 4.79 Å². The molecular weight excluding hydrogens is 278 g/mol. The van der Waals surface area contributed by atoms with Gasteiger partial charge < -0.3 is 15.6 Å². The van der Waals surface area contributed by atoms with E-state index in [0.717, 1.165) is 24.4 Å². The monoisotopic (exact) mass is 301 g/mol. The van der Waals surface area contributed by atoms with E-state index in [1.54, 1.807) is 6.33 Å². The van der Waals surface area contributed by atoms with E-state index in [1.165, 1.54) is 0 Å². The Morgan fingerprint density at radius 3 is 2.86 bits per heavy atom. The van der Waals surface area contributed by atoms with Gasteiger partial charge in [0, 0.05) is 17.8 Å². The Morgan fingerprint density at radius 2 is 2.18 bits per heavy atom. The lowest BCUT2D eigenvalue weighted by Crippen LogP contribution is -2.40. The van der Waals surface area contributed by atoms with Crippen LogP contribution in [0.3, 0.4) is 0 Å². The molecule has 0 radical (unpaired) electrons. The van der Waals surface area contributed by atoms with Crippen LogP contribution in [-0.4, -0.2) is 26.7 Å². The maximum Gasteiger partial charge on any atom is 0.241 e. The fraction of sp³-hybridized carbons (Fsp3) is 0.438. The average molecular weight is 301 g/mol. The van der Waals surface area contributed by atoms with Crippen LogP contribution < -0.4 is 11.1 Å². The minimum atomic E-state index is -0.507. The summed E-state index contributed by atoms with van der Waals surface area (Å²) in [6, 6.07) is 7.05. The molecule has 0 spiro atoms. The van der Waals surface area contributed by atoms with Crippen LogP contribution in [0.2, 0.25) is 0 Å². The summed E-state index contributed by atoms with van der Waals surface area (Å²) >= 11 is 0. The lowest BCUT2D eigenvalue weighted by molar-refractivity contribution is -0.118. The molecule has 2 unspecified atom stereocenters. The van der Waals surface area contributed by atoms with E-state index in [1.807, 2.05) is 49.6 Å². The molecule has 0 saturated carbocycles. The van der Waals surface area contributed by atoms with Crippen molar-refractivity contribution in [2.24, 2.45) is 11.7 Å². The Morgan fingerprint density at radius 1 is 1.41 bits per heavy atom. The Kier molecular flexibility index (Phi) is 5.27. The van der Waals surface area contributed by atoms with Crippen molar-refractivity contribution >= 4 is 11.6 Å². The molecular formula is C16H23N5O. The average Bonchev–Trinajstić information content (AvgIpc) is 3.02. The molecule has 0 aliphatic heterocycles. The first-order valence-corrected chi connectivity index (χ1v) is 7.61. The molecule has 6 heteroatoms. The van der Waals surface area contributed by atoms with Gasteiger partial charge in [0.1, 0.15) is 6.33 Å². The highest BCUT2D eigenvalue weighted by Crippen LogP contribution is 2.21. The van der Waals surface area contributed by atoms with Gasteiger partial charge in [0.2, 0.25) is 5.91 Å². The second-order valence-electron chi connectivity index (χ2n) is 5.42. The third-order valence-corrected chi connectivity index (χ3v) is 3.90. The lowest BCUT2D eigenvalue weighted by Gasteiger charge is -2.18. The Hall–Kier alpha value is -2.21. The molecule has 1 aromatic carbocycles. The van der Waals surface area contributed by atoms with E-state index in [0.29, 0.717) is 5.69 Å². The zero-order valence-electron chi connectivity index (χ0n) is 13.3.